The highest BCUT2D eigenvalue weighted by Gasteiger charge is 2.11. The summed E-state index contributed by atoms with van der Waals surface area (Å²) >= 11 is 0. The Balaban J connectivity index is 2.59. The summed E-state index contributed by atoms with van der Waals surface area (Å²) in [7, 11) is 0. The maximum absolute atomic E-state index is 5.62. The smallest absolute Gasteiger partial charge is 0.0764 e. The van der Waals surface area contributed by atoms with Gasteiger partial charge in [-0.2, -0.15) is 5.10 Å². The van der Waals surface area contributed by atoms with Crippen LogP contribution in [-0.2, 0) is 6.54 Å². The third-order valence-corrected chi connectivity index (χ3v) is 3.39. The Morgan fingerprint density at radius 2 is 2.11 bits per heavy atom. The van der Waals surface area contributed by atoms with Gasteiger partial charge in [-0.25, -0.2) is 0 Å². The highest BCUT2D eigenvalue weighted by atomic mass is 15.3. The van der Waals surface area contributed by atoms with Crippen LogP contribution < -0.4 is 5.73 Å². The number of hydrogen-bond acceptors (Lipinski definition) is 3. The molecule has 1 rings (SSSR count). The summed E-state index contributed by atoms with van der Waals surface area (Å²) in [6, 6.07) is 2.62. The number of nitrogens with two attached hydrogens (primary N) is 1. The van der Waals surface area contributed by atoms with Gasteiger partial charge in [0.1, 0.15) is 0 Å². The van der Waals surface area contributed by atoms with Gasteiger partial charge in [0.2, 0.25) is 0 Å². The van der Waals surface area contributed by atoms with Crippen LogP contribution in [0, 0.1) is 5.92 Å². The molecule has 1 atom stereocenters. The number of nitrogens with zero attached hydrogens (tertiary/aromatic N) is 3. The molecule has 1 aromatic rings. The largest absolute Gasteiger partial charge is 0.330 e. The van der Waals surface area contributed by atoms with Crippen LogP contribution in [0.1, 0.15) is 52.3 Å². The fourth-order valence-electron chi connectivity index (χ4n) is 2.19. The molecule has 1 unspecified atom stereocenters. The standard InChI is InChI=1S/C15H30N4/c1-5-14(4)19-10-7-15(17-19)12-18(9-6-8-16)11-13(2)3/h7,10,13-14H,5-6,8-9,11-12,16H2,1-4H3. The van der Waals surface area contributed by atoms with Gasteiger partial charge in [0.25, 0.3) is 0 Å². The minimum Gasteiger partial charge on any atom is -0.330 e. The first-order valence-corrected chi connectivity index (χ1v) is 7.53. The Labute approximate surface area is 118 Å². The van der Waals surface area contributed by atoms with Crippen LogP contribution >= 0.6 is 0 Å². The lowest BCUT2D eigenvalue weighted by Gasteiger charge is -2.23. The first kappa shape index (κ1) is 16.2. The fourth-order valence-corrected chi connectivity index (χ4v) is 2.19. The first-order valence-electron chi connectivity index (χ1n) is 7.53. The lowest BCUT2D eigenvalue weighted by molar-refractivity contribution is 0.231. The minimum atomic E-state index is 0.483. The Hall–Kier alpha value is -0.870. The molecule has 1 aromatic heterocycles. The molecule has 4 heteroatoms. The van der Waals surface area contributed by atoms with Crippen LogP contribution in [0.15, 0.2) is 12.3 Å². The van der Waals surface area contributed by atoms with Crippen molar-refractivity contribution < 1.29 is 0 Å². The third-order valence-electron chi connectivity index (χ3n) is 3.39. The quantitative estimate of drug-likeness (QED) is 0.747. The molecule has 0 bridgehead atoms. The molecule has 0 saturated heterocycles. The zero-order valence-electron chi connectivity index (χ0n) is 13.0. The van der Waals surface area contributed by atoms with Crippen LogP contribution in [0.4, 0.5) is 0 Å². The van der Waals surface area contributed by atoms with Crippen molar-refractivity contribution in [3.05, 3.63) is 18.0 Å². The molecular weight excluding hydrogens is 236 g/mol. The van der Waals surface area contributed by atoms with Crippen molar-refractivity contribution in [3.63, 3.8) is 0 Å². The van der Waals surface area contributed by atoms with Gasteiger partial charge >= 0.3 is 0 Å². The Morgan fingerprint density at radius 3 is 2.68 bits per heavy atom. The van der Waals surface area contributed by atoms with E-state index in [0.717, 1.165) is 44.7 Å². The zero-order valence-corrected chi connectivity index (χ0v) is 13.0. The summed E-state index contributed by atoms with van der Waals surface area (Å²) in [5.74, 6) is 0.675. The Bertz CT molecular complexity index is 346. The third kappa shape index (κ3) is 5.74. The van der Waals surface area contributed by atoms with Crippen LogP contribution in [0.2, 0.25) is 0 Å². The molecule has 0 amide bonds. The van der Waals surface area contributed by atoms with Crippen LogP contribution in [0.25, 0.3) is 0 Å². The predicted molar refractivity (Wildman–Crippen MR) is 81.0 cm³/mol. The van der Waals surface area contributed by atoms with Crippen LogP contribution in [0.5, 0.6) is 0 Å². The first-order chi connectivity index (χ1) is 9.06. The van der Waals surface area contributed by atoms with E-state index in [0.29, 0.717) is 12.0 Å². The molecule has 0 aliphatic carbocycles. The summed E-state index contributed by atoms with van der Waals surface area (Å²) in [4.78, 5) is 2.46. The van der Waals surface area contributed by atoms with Crippen molar-refractivity contribution in [3.8, 4) is 0 Å². The summed E-state index contributed by atoms with van der Waals surface area (Å²) in [5, 5.41) is 4.68. The molecule has 0 aliphatic heterocycles. The van der Waals surface area contributed by atoms with Crippen molar-refractivity contribution in [2.75, 3.05) is 19.6 Å². The van der Waals surface area contributed by atoms with Gasteiger partial charge in [0, 0.05) is 25.3 Å². The van der Waals surface area contributed by atoms with Crippen LogP contribution in [-0.4, -0.2) is 34.3 Å². The van der Waals surface area contributed by atoms with Crippen LogP contribution in [0.3, 0.4) is 0 Å². The van der Waals surface area contributed by atoms with Crippen molar-refractivity contribution in [2.45, 2.75) is 53.1 Å². The van der Waals surface area contributed by atoms with Gasteiger partial charge in [0.05, 0.1) is 5.69 Å². The van der Waals surface area contributed by atoms with Crippen molar-refractivity contribution in [1.82, 2.24) is 14.7 Å². The van der Waals surface area contributed by atoms with E-state index in [1.807, 2.05) is 0 Å². The van der Waals surface area contributed by atoms with Crippen molar-refractivity contribution in [2.24, 2.45) is 11.7 Å². The Morgan fingerprint density at radius 1 is 1.37 bits per heavy atom. The predicted octanol–water partition coefficient (Wildman–Crippen LogP) is 2.66. The maximum atomic E-state index is 5.62. The average molecular weight is 266 g/mol. The van der Waals surface area contributed by atoms with E-state index < -0.39 is 0 Å². The van der Waals surface area contributed by atoms with E-state index in [1.165, 1.54) is 0 Å². The molecule has 0 fully saturated rings. The average Bonchev–Trinajstić information content (AvgIpc) is 2.82. The van der Waals surface area contributed by atoms with E-state index in [2.05, 4.69) is 54.6 Å². The monoisotopic (exact) mass is 266 g/mol. The molecule has 0 radical (unpaired) electrons. The molecule has 2 N–H and O–H groups in total. The van der Waals surface area contributed by atoms with E-state index in [-0.39, 0.29) is 0 Å². The van der Waals surface area contributed by atoms with E-state index in [9.17, 15) is 0 Å². The summed E-state index contributed by atoms with van der Waals surface area (Å²) in [6.07, 6.45) is 4.27. The second-order valence-corrected chi connectivity index (χ2v) is 5.82. The number of rotatable bonds is 9. The fraction of sp³-hybridized carbons (Fsp3) is 0.800. The molecule has 4 nitrogen and oxygen atoms in total. The molecule has 0 aromatic carbocycles. The highest BCUT2D eigenvalue weighted by Crippen LogP contribution is 2.11. The summed E-state index contributed by atoms with van der Waals surface area (Å²) in [6.45, 7) is 12.8. The van der Waals surface area contributed by atoms with Gasteiger partial charge < -0.3 is 5.73 Å². The second kappa shape index (κ2) is 8.33. The topological polar surface area (TPSA) is 47.1 Å². The summed E-state index contributed by atoms with van der Waals surface area (Å²) in [5.41, 5.74) is 6.78. The van der Waals surface area contributed by atoms with Crippen molar-refractivity contribution >= 4 is 0 Å². The lowest BCUT2D eigenvalue weighted by atomic mass is 10.2. The maximum Gasteiger partial charge on any atom is 0.0764 e. The van der Waals surface area contributed by atoms with E-state index >= 15 is 0 Å². The van der Waals surface area contributed by atoms with E-state index in [4.69, 9.17) is 5.73 Å². The minimum absolute atomic E-state index is 0.483. The van der Waals surface area contributed by atoms with Gasteiger partial charge in [-0.1, -0.05) is 20.8 Å². The number of aromatic nitrogens is 2. The van der Waals surface area contributed by atoms with Gasteiger partial charge in [-0.15, -0.1) is 0 Å². The second-order valence-electron chi connectivity index (χ2n) is 5.82. The SMILES string of the molecule is CCC(C)n1ccc(CN(CCCN)CC(C)C)n1. The van der Waals surface area contributed by atoms with E-state index in [1.54, 1.807) is 0 Å². The lowest BCUT2D eigenvalue weighted by Crippen LogP contribution is -2.30. The number of hydrogen-bond donors (Lipinski definition) is 1. The molecule has 19 heavy (non-hydrogen) atoms. The molecule has 110 valence electrons. The molecule has 0 aliphatic rings. The molecule has 0 spiro atoms. The molecular formula is C15H30N4. The van der Waals surface area contributed by atoms with Gasteiger partial charge in [-0.3, -0.25) is 9.58 Å². The molecule has 1 heterocycles. The zero-order chi connectivity index (χ0) is 14.3. The molecule has 0 saturated carbocycles. The normalized spacial score (nSPS) is 13.4. The van der Waals surface area contributed by atoms with Crippen molar-refractivity contribution in [1.29, 1.82) is 0 Å². The highest BCUT2D eigenvalue weighted by molar-refractivity contribution is 4.99. The summed E-state index contributed by atoms with van der Waals surface area (Å²) < 4.78 is 2.08. The van der Waals surface area contributed by atoms with Gasteiger partial charge in [0.15, 0.2) is 0 Å². The van der Waals surface area contributed by atoms with Gasteiger partial charge in [-0.05, 0) is 44.8 Å². The Kier molecular flexibility index (Phi) is 7.10.